The molecule has 0 aliphatic rings. The third-order valence-corrected chi connectivity index (χ3v) is 5.69. The fraction of sp³-hybridized carbons (Fsp3) is 0.308. The minimum atomic E-state index is -0.258. The second kappa shape index (κ2) is 9.73. The molecule has 0 radical (unpaired) electrons. The summed E-state index contributed by atoms with van der Waals surface area (Å²) in [7, 11) is 0. The highest BCUT2D eigenvalue weighted by molar-refractivity contribution is 5.91. The summed E-state index contributed by atoms with van der Waals surface area (Å²) in [5.74, 6) is 1.79. The summed E-state index contributed by atoms with van der Waals surface area (Å²) in [6, 6.07) is 17.4. The van der Waals surface area contributed by atoms with Crippen LogP contribution in [0.5, 0.6) is 5.75 Å². The zero-order valence-corrected chi connectivity index (χ0v) is 18.8. The van der Waals surface area contributed by atoms with Gasteiger partial charge in [-0.25, -0.2) is 4.98 Å². The number of amides is 1. The number of nitrogens with one attached hydrogen (secondary N) is 1. The van der Waals surface area contributed by atoms with Crippen molar-refractivity contribution in [2.24, 2.45) is 0 Å². The third-order valence-electron chi connectivity index (χ3n) is 5.69. The molecule has 1 N–H and O–H groups in total. The Morgan fingerprint density at radius 1 is 1.09 bits per heavy atom. The molecule has 0 saturated carbocycles. The number of benzene rings is 2. The summed E-state index contributed by atoms with van der Waals surface area (Å²) < 4.78 is 13.3. The normalized spacial score (nSPS) is 12.1. The van der Waals surface area contributed by atoms with Gasteiger partial charge in [-0.2, -0.15) is 0 Å². The van der Waals surface area contributed by atoms with Crippen molar-refractivity contribution in [1.82, 2.24) is 14.9 Å². The molecular formula is C26H29N3O3. The topological polar surface area (TPSA) is 69.3 Å². The maximum Gasteiger partial charge on any atom is 0.287 e. The lowest BCUT2D eigenvalue weighted by Gasteiger charge is -2.16. The van der Waals surface area contributed by atoms with Crippen LogP contribution in [-0.4, -0.2) is 22.1 Å². The molecule has 2 heterocycles. The SMILES string of the molecule is Cc1ccc(OCCCCn2c([C@@H](C)NC(=O)c3ccco3)nc3ccccc32)cc1C. The molecule has 0 fully saturated rings. The molecule has 6 nitrogen and oxygen atoms in total. The number of imidazole rings is 1. The van der Waals surface area contributed by atoms with Gasteiger partial charge < -0.3 is 19.0 Å². The number of aryl methyl sites for hydroxylation is 3. The first-order valence-corrected chi connectivity index (χ1v) is 11.0. The number of ether oxygens (including phenoxy) is 1. The van der Waals surface area contributed by atoms with Gasteiger partial charge in [-0.1, -0.05) is 18.2 Å². The molecule has 0 bridgehead atoms. The van der Waals surface area contributed by atoms with Crippen molar-refractivity contribution in [2.45, 2.75) is 46.2 Å². The summed E-state index contributed by atoms with van der Waals surface area (Å²) in [6.07, 6.45) is 3.36. The maximum atomic E-state index is 12.4. The number of fused-ring (bicyclic) bond motifs is 1. The summed E-state index contributed by atoms with van der Waals surface area (Å²) in [5.41, 5.74) is 4.50. The number of furan rings is 1. The zero-order chi connectivity index (χ0) is 22.5. The summed E-state index contributed by atoms with van der Waals surface area (Å²) in [6.45, 7) is 7.60. The van der Waals surface area contributed by atoms with Gasteiger partial charge in [0.1, 0.15) is 11.6 Å². The van der Waals surface area contributed by atoms with Crippen LogP contribution in [0.25, 0.3) is 11.0 Å². The van der Waals surface area contributed by atoms with E-state index < -0.39 is 0 Å². The van der Waals surface area contributed by atoms with E-state index in [1.54, 1.807) is 12.1 Å². The minimum absolute atomic E-state index is 0.247. The molecule has 4 rings (SSSR count). The summed E-state index contributed by atoms with van der Waals surface area (Å²) in [5, 5.41) is 2.99. The first-order valence-electron chi connectivity index (χ1n) is 11.0. The van der Waals surface area contributed by atoms with Crippen LogP contribution in [0.3, 0.4) is 0 Å². The number of carbonyl (C=O) groups is 1. The Bertz CT molecular complexity index is 1190. The van der Waals surface area contributed by atoms with Gasteiger partial charge in [-0.15, -0.1) is 0 Å². The van der Waals surface area contributed by atoms with E-state index in [9.17, 15) is 4.79 Å². The first kappa shape index (κ1) is 21.7. The quantitative estimate of drug-likeness (QED) is 0.350. The molecule has 1 atom stereocenters. The molecule has 166 valence electrons. The van der Waals surface area contributed by atoms with Crippen molar-refractivity contribution in [3.05, 3.63) is 83.6 Å². The highest BCUT2D eigenvalue weighted by Crippen LogP contribution is 2.22. The predicted molar refractivity (Wildman–Crippen MR) is 125 cm³/mol. The van der Waals surface area contributed by atoms with Crippen molar-refractivity contribution in [3.63, 3.8) is 0 Å². The smallest absolute Gasteiger partial charge is 0.287 e. The predicted octanol–water partition coefficient (Wildman–Crippen LogP) is 5.60. The van der Waals surface area contributed by atoms with E-state index >= 15 is 0 Å². The average Bonchev–Trinajstić information content (AvgIpc) is 3.44. The molecular weight excluding hydrogens is 402 g/mol. The molecule has 4 aromatic rings. The highest BCUT2D eigenvalue weighted by Gasteiger charge is 2.20. The number of hydrogen-bond acceptors (Lipinski definition) is 4. The van der Waals surface area contributed by atoms with E-state index in [1.807, 2.05) is 31.2 Å². The van der Waals surface area contributed by atoms with Gasteiger partial charge in [0.15, 0.2) is 5.76 Å². The molecule has 6 heteroatoms. The summed E-state index contributed by atoms with van der Waals surface area (Å²) in [4.78, 5) is 17.2. The summed E-state index contributed by atoms with van der Waals surface area (Å²) >= 11 is 0. The number of carbonyl (C=O) groups excluding carboxylic acids is 1. The van der Waals surface area contributed by atoms with Gasteiger partial charge in [0.2, 0.25) is 0 Å². The Hall–Kier alpha value is -3.54. The highest BCUT2D eigenvalue weighted by atomic mass is 16.5. The lowest BCUT2D eigenvalue weighted by atomic mass is 10.1. The van der Waals surface area contributed by atoms with Gasteiger partial charge in [-0.3, -0.25) is 4.79 Å². The molecule has 0 spiro atoms. The van der Waals surface area contributed by atoms with Crippen molar-refractivity contribution in [2.75, 3.05) is 6.61 Å². The van der Waals surface area contributed by atoms with Gasteiger partial charge in [0.05, 0.1) is 29.9 Å². The molecule has 32 heavy (non-hydrogen) atoms. The number of aromatic nitrogens is 2. The second-order valence-electron chi connectivity index (χ2n) is 8.08. The molecule has 0 unspecified atom stereocenters. The van der Waals surface area contributed by atoms with Crippen LogP contribution in [-0.2, 0) is 6.54 Å². The lowest BCUT2D eigenvalue weighted by molar-refractivity contribution is 0.0909. The Kier molecular flexibility index (Phi) is 6.59. The number of unbranched alkanes of at least 4 members (excludes halogenated alkanes) is 1. The fourth-order valence-electron chi connectivity index (χ4n) is 3.77. The van der Waals surface area contributed by atoms with E-state index in [-0.39, 0.29) is 11.9 Å². The van der Waals surface area contributed by atoms with Crippen LogP contribution >= 0.6 is 0 Å². The van der Waals surface area contributed by atoms with E-state index in [0.717, 1.165) is 42.0 Å². The number of rotatable bonds is 9. The molecule has 2 aromatic carbocycles. The van der Waals surface area contributed by atoms with Crippen LogP contribution in [0.4, 0.5) is 0 Å². The molecule has 0 aliphatic heterocycles. The van der Waals surface area contributed by atoms with Crippen LogP contribution in [0.15, 0.2) is 65.3 Å². The van der Waals surface area contributed by atoms with Crippen molar-refractivity contribution < 1.29 is 13.9 Å². The van der Waals surface area contributed by atoms with Gasteiger partial charge in [0.25, 0.3) is 5.91 Å². The number of nitrogens with zero attached hydrogens (tertiary/aromatic N) is 2. The zero-order valence-electron chi connectivity index (χ0n) is 18.8. The van der Waals surface area contributed by atoms with E-state index in [2.05, 4.69) is 41.9 Å². The molecule has 0 saturated heterocycles. The third kappa shape index (κ3) is 4.85. The first-order chi connectivity index (χ1) is 15.5. The Balaban J connectivity index is 1.40. The van der Waals surface area contributed by atoms with Crippen molar-refractivity contribution in [3.8, 4) is 5.75 Å². The van der Waals surface area contributed by atoms with Crippen LogP contribution in [0.1, 0.15) is 53.3 Å². The Morgan fingerprint density at radius 3 is 2.72 bits per heavy atom. The van der Waals surface area contributed by atoms with E-state index in [4.69, 9.17) is 14.1 Å². The Morgan fingerprint density at radius 2 is 1.94 bits per heavy atom. The van der Waals surface area contributed by atoms with Crippen LogP contribution in [0, 0.1) is 13.8 Å². The van der Waals surface area contributed by atoms with Gasteiger partial charge in [-0.05, 0) is 81.1 Å². The maximum absolute atomic E-state index is 12.4. The molecule has 2 aromatic heterocycles. The largest absolute Gasteiger partial charge is 0.494 e. The fourth-order valence-corrected chi connectivity index (χ4v) is 3.77. The molecule has 0 aliphatic carbocycles. The minimum Gasteiger partial charge on any atom is -0.494 e. The number of hydrogen-bond donors (Lipinski definition) is 1. The van der Waals surface area contributed by atoms with Crippen molar-refractivity contribution in [1.29, 1.82) is 0 Å². The molecule has 1 amide bonds. The van der Waals surface area contributed by atoms with Gasteiger partial charge >= 0.3 is 0 Å². The average molecular weight is 432 g/mol. The lowest BCUT2D eigenvalue weighted by Crippen LogP contribution is -2.28. The Labute approximate surface area is 188 Å². The van der Waals surface area contributed by atoms with Crippen LogP contribution in [0.2, 0.25) is 0 Å². The van der Waals surface area contributed by atoms with E-state index in [1.165, 1.54) is 17.4 Å². The monoisotopic (exact) mass is 431 g/mol. The van der Waals surface area contributed by atoms with Gasteiger partial charge in [0, 0.05) is 6.54 Å². The second-order valence-corrected chi connectivity index (χ2v) is 8.08. The standard InChI is InChI=1S/C26H29N3O3/c1-18-12-13-21(17-19(18)2)31-15-7-6-14-29-23-10-5-4-9-22(23)28-25(29)20(3)27-26(30)24-11-8-16-32-24/h4-5,8-13,16-17,20H,6-7,14-15H2,1-3H3,(H,27,30)/t20-/m1/s1. The van der Waals surface area contributed by atoms with E-state index in [0.29, 0.717) is 12.4 Å². The van der Waals surface area contributed by atoms with Crippen LogP contribution < -0.4 is 10.1 Å². The van der Waals surface area contributed by atoms with Crippen molar-refractivity contribution >= 4 is 16.9 Å². The number of para-hydroxylation sites is 2.